The van der Waals surface area contributed by atoms with Crippen LogP contribution >= 0.6 is 0 Å². The second-order valence-corrected chi connectivity index (χ2v) is 5.85. The van der Waals surface area contributed by atoms with Crippen molar-refractivity contribution in [2.24, 2.45) is 0 Å². The SMILES string of the molecule is C=C(/C=C(/C)c1ccc(OC)cc1C)c1ccc(C)cc1C. The second-order valence-electron chi connectivity index (χ2n) is 5.85. The number of hydrogen-bond donors (Lipinski definition) is 0. The van der Waals surface area contributed by atoms with Crippen LogP contribution in [0.25, 0.3) is 11.1 Å². The van der Waals surface area contributed by atoms with Crippen molar-refractivity contribution in [3.63, 3.8) is 0 Å². The first-order valence-corrected chi connectivity index (χ1v) is 7.52. The summed E-state index contributed by atoms with van der Waals surface area (Å²) in [6, 6.07) is 12.6. The van der Waals surface area contributed by atoms with E-state index in [1.807, 2.05) is 6.07 Å². The summed E-state index contributed by atoms with van der Waals surface area (Å²) in [5.74, 6) is 0.891. The number of aryl methyl sites for hydroxylation is 3. The zero-order valence-corrected chi connectivity index (χ0v) is 14.2. The largest absolute Gasteiger partial charge is 0.497 e. The fourth-order valence-corrected chi connectivity index (χ4v) is 2.80. The van der Waals surface area contributed by atoms with Gasteiger partial charge in [0.1, 0.15) is 5.75 Å². The van der Waals surface area contributed by atoms with Crippen LogP contribution in [0.2, 0.25) is 0 Å². The van der Waals surface area contributed by atoms with E-state index < -0.39 is 0 Å². The lowest BCUT2D eigenvalue weighted by atomic mass is 9.95. The maximum Gasteiger partial charge on any atom is 0.119 e. The minimum Gasteiger partial charge on any atom is -0.497 e. The average molecular weight is 292 g/mol. The van der Waals surface area contributed by atoms with Gasteiger partial charge in [-0.3, -0.25) is 0 Å². The van der Waals surface area contributed by atoms with Gasteiger partial charge in [-0.05, 0) is 73.2 Å². The molecule has 0 saturated carbocycles. The Labute approximate surface area is 134 Å². The molecule has 0 atom stereocenters. The summed E-state index contributed by atoms with van der Waals surface area (Å²) >= 11 is 0. The Balaban J connectivity index is 2.34. The lowest BCUT2D eigenvalue weighted by Gasteiger charge is -2.11. The number of methoxy groups -OCH3 is 1. The minimum atomic E-state index is 0.891. The quantitative estimate of drug-likeness (QED) is 0.653. The van der Waals surface area contributed by atoms with E-state index in [0.717, 1.165) is 11.3 Å². The molecule has 0 aliphatic carbocycles. The summed E-state index contributed by atoms with van der Waals surface area (Å²) in [6.45, 7) is 12.7. The number of allylic oxidation sites excluding steroid dienone is 3. The lowest BCUT2D eigenvalue weighted by Crippen LogP contribution is -1.91. The van der Waals surface area contributed by atoms with Crippen LogP contribution in [0.15, 0.2) is 49.1 Å². The summed E-state index contributed by atoms with van der Waals surface area (Å²) in [4.78, 5) is 0. The van der Waals surface area contributed by atoms with Crippen LogP contribution in [0.5, 0.6) is 5.75 Å². The van der Waals surface area contributed by atoms with Crippen molar-refractivity contribution in [1.29, 1.82) is 0 Å². The Morgan fingerprint density at radius 1 is 0.955 bits per heavy atom. The number of benzene rings is 2. The van der Waals surface area contributed by atoms with Crippen molar-refractivity contribution in [3.8, 4) is 5.75 Å². The maximum absolute atomic E-state index is 5.27. The molecule has 1 heteroatoms. The molecular formula is C21H24O. The Hall–Kier alpha value is -2.28. The van der Waals surface area contributed by atoms with E-state index in [4.69, 9.17) is 4.74 Å². The van der Waals surface area contributed by atoms with Gasteiger partial charge in [0.15, 0.2) is 0 Å². The van der Waals surface area contributed by atoms with E-state index in [9.17, 15) is 0 Å². The molecular weight excluding hydrogens is 268 g/mol. The van der Waals surface area contributed by atoms with Crippen LogP contribution in [0, 0.1) is 20.8 Å². The van der Waals surface area contributed by atoms with Gasteiger partial charge in [0.05, 0.1) is 7.11 Å². The van der Waals surface area contributed by atoms with Crippen LogP contribution in [-0.2, 0) is 0 Å². The lowest BCUT2D eigenvalue weighted by molar-refractivity contribution is 0.414. The van der Waals surface area contributed by atoms with Gasteiger partial charge in [0.25, 0.3) is 0 Å². The predicted molar refractivity (Wildman–Crippen MR) is 96.3 cm³/mol. The third kappa shape index (κ3) is 3.48. The molecule has 2 rings (SSSR count). The van der Waals surface area contributed by atoms with Crippen molar-refractivity contribution in [2.75, 3.05) is 7.11 Å². The van der Waals surface area contributed by atoms with Crippen LogP contribution in [-0.4, -0.2) is 7.11 Å². The molecule has 0 amide bonds. The Kier molecular flexibility index (Phi) is 4.87. The molecule has 0 spiro atoms. The Bertz CT molecular complexity index is 736. The molecule has 2 aromatic rings. The third-order valence-corrected chi connectivity index (χ3v) is 3.98. The highest BCUT2D eigenvalue weighted by atomic mass is 16.5. The molecule has 114 valence electrons. The zero-order chi connectivity index (χ0) is 16.3. The van der Waals surface area contributed by atoms with Gasteiger partial charge in [-0.15, -0.1) is 0 Å². The molecule has 0 bridgehead atoms. The van der Waals surface area contributed by atoms with Crippen LogP contribution < -0.4 is 4.74 Å². The fraction of sp³-hybridized carbons (Fsp3) is 0.238. The highest BCUT2D eigenvalue weighted by Crippen LogP contribution is 2.27. The van der Waals surface area contributed by atoms with Gasteiger partial charge >= 0.3 is 0 Å². The molecule has 0 heterocycles. The molecule has 0 aliphatic rings. The first-order valence-electron chi connectivity index (χ1n) is 7.52. The van der Waals surface area contributed by atoms with Crippen molar-refractivity contribution >= 4 is 11.1 Å². The smallest absolute Gasteiger partial charge is 0.119 e. The van der Waals surface area contributed by atoms with Crippen molar-refractivity contribution < 1.29 is 4.74 Å². The van der Waals surface area contributed by atoms with E-state index in [-0.39, 0.29) is 0 Å². The standard InChI is InChI=1S/C21H24O/c1-14-7-9-20(15(2)11-14)16(3)12-17(4)21-10-8-19(22-6)13-18(21)5/h7-13H,3H2,1-2,4-6H3/b17-12-. The Morgan fingerprint density at radius 2 is 1.59 bits per heavy atom. The van der Waals surface area contributed by atoms with E-state index >= 15 is 0 Å². The van der Waals surface area contributed by atoms with E-state index in [0.29, 0.717) is 0 Å². The van der Waals surface area contributed by atoms with E-state index in [1.165, 1.54) is 33.4 Å². The average Bonchev–Trinajstić information content (AvgIpc) is 2.46. The van der Waals surface area contributed by atoms with Crippen molar-refractivity contribution in [2.45, 2.75) is 27.7 Å². The fourth-order valence-electron chi connectivity index (χ4n) is 2.80. The maximum atomic E-state index is 5.27. The molecule has 0 radical (unpaired) electrons. The van der Waals surface area contributed by atoms with Crippen LogP contribution in [0.1, 0.15) is 34.7 Å². The highest BCUT2D eigenvalue weighted by Gasteiger charge is 2.05. The molecule has 22 heavy (non-hydrogen) atoms. The van der Waals surface area contributed by atoms with Gasteiger partial charge in [-0.2, -0.15) is 0 Å². The summed E-state index contributed by atoms with van der Waals surface area (Å²) in [7, 11) is 1.69. The molecule has 0 unspecified atom stereocenters. The molecule has 1 nitrogen and oxygen atoms in total. The summed E-state index contributed by atoms with van der Waals surface area (Å²) in [5, 5.41) is 0. The van der Waals surface area contributed by atoms with Gasteiger partial charge in [-0.1, -0.05) is 42.5 Å². The summed E-state index contributed by atoms with van der Waals surface area (Å²) < 4.78 is 5.27. The normalized spacial score (nSPS) is 11.4. The third-order valence-electron chi connectivity index (χ3n) is 3.98. The first-order chi connectivity index (χ1) is 10.4. The summed E-state index contributed by atoms with van der Waals surface area (Å²) in [5.41, 5.74) is 8.45. The zero-order valence-electron chi connectivity index (χ0n) is 14.2. The topological polar surface area (TPSA) is 9.23 Å². The van der Waals surface area contributed by atoms with Gasteiger partial charge in [0.2, 0.25) is 0 Å². The van der Waals surface area contributed by atoms with Gasteiger partial charge < -0.3 is 4.74 Å². The number of hydrogen-bond acceptors (Lipinski definition) is 1. The predicted octanol–water partition coefficient (Wildman–Crippen LogP) is 5.74. The van der Waals surface area contributed by atoms with Gasteiger partial charge in [0, 0.05) is 0 Å². The minimum absolute atomic E-state index is 0.891. The Morgan fingerprint density at radius 3 is 2.18 bits per heavy atom. The molecule has 0 aliphatic heterocycles. The van der Waals surface area contributed by atoms with Gasteiger partial charge in [-0.25, -0.2) is 0 Å². The van der Waals surface area contributed by atoms with Crippen LogP contribution in [0.3, 0.4) is 0 Å². The molecule has 0 saturated heterocycles. The molecule has 0 N–H and O–H groups in total. The monoisotopic (exact) mass is 292 g/mol. The first kappa shape index (κ1) is 16.1. The molecule has 0 aromatic heterocycles. The van der Waals surface area contributed by atoms with Crippen molar-refractivity contribution in [1.82, 2.24) is 0 Å². The highest BCUT2D eigenvalue weighted by molar-refractivity contribution is 5.84. The van der Waals surface area contributed by atoms with Crippen LogP contribution in [0.4, 0.5) is 0 Å². The van der Waals surface area contributed by atoms with Crippen molar-refractivity contribution in [3.05, 3.63) is 76.9 Å². The number of rotatable bonds is 4. The summed E-state index contributed by atoms with van der Waals surface area (Å²) in [6.07, 6.45) is 2.16. The van der Waals surface area contributed by atoms with E-state index in [2.05, 4.69) is 70.7 Å². The second kappa shape index (κ2) is 6.65. The number of ether oxygens (including phenoxy) is 1. The molecule has 2 aromatic carbocycles. The molecule has 0 fully saturated rings. The van der Waals surface area contributed by atoms with E-state index in [1.54, 1.807) is 7.11 Å².